The SMILES string of the molecule is COc1ccc(CCC2(C)NC(=NC3CC3)NC2=O)cc1. The van der Waals surface area contributed by atoms with E-state index in [1.54, 1.807) is 7.11 Å². The lowest BCUT2D eigenvalue weighted by Crippen LogP contribution is -2.44. The molecule has 2 aliphatic rings. The standard InChI is InChI=1S/C16H21N3O2/c1-16(10-9-11-3-7-13(21-2)8-4-11)14(20)18-15(19-16)17-12-5-6-12/h3-4,7-8,12H,5-6,9-10H2,1-2H3,(H2,17,18,19,20). The smallest absolute Gasteiger partial charge is 0.252 e. The predicted octanol–water partition coefficient (Wildman–Crippen LogP) is 1.62. The van der Waals surface area contributed by atoms with Gasteiger partial charge >= 0.3 is 0 Å². The van der Waals surface area contributed by atoms with Gasteiger partial charge in [-0.3, -0.25) is 10.1 Å². The van der Waals surface area contributed by atoms with Crippen LogP contribution in [0.25, 0.3) is 0 Å². The molecule has 112 valence electrons. The maximum atomic E-state index is 12.2. The highest BCUT2D eigenvalue weighted by molar-refractivity contribution is 6.08. The Hall–Kier alpha value is -2.04. The third kappa shape index (κ3) is 3.17. The van der Waals surface area contributed by atoms with Crippen LogP contribution in [-0.2, 0) is 11.2 Å². The summed E-state index contributed by atoms with van der Waals surface area (Å²) in [5.74, 6) is 1.50. The number of methoxy groups -OCH3 is 1. The quantitative estimate of drug-likeness (QED) is 0.865. The van der Waals surface area contributed by atoms with Crippen LogP contribution in [0.2, 0.25) is 0 Å². The van der Waals surface area contributed by atoms with Gasteiger partial charge in [-0.25, -0.2) is 4.99 Å². The molecule has 1 unspecified atom stereocenters. The Morgan fingerprint density at radius 1 is 1.33 bits per heavy atom. The Kier molecular flexibility index (Phi) is 3.57. The number of carbonyl (C=O) groups is 1. The van der Waals surface area contributed by atoms with Crippen molar-refractivity contribution in [1.82, 2.24) is 10.6 Å². The van der Waals surface area contributed by atoms with Crippen LogP contribution in [0.1, 0.15) is 31.7 Å². The number of hydrogen-bond acceptors (Lipinski definition) is 3. The van der Waals surface area contributed by atoms with E-state index in [-0.39, 0.29) is 5.91 Å². The average Bonchev–Trinajstić information content (AvgIpc) is 3.24. The second kappa shape index (κ2) is 5.39. The van der Waals surface area contributed by atoms with E-state index in [0.29, 0.717) is 12.0 Å². The van der Waals surface area contributed by atoms with Crippen LogP contribution in [0.5, 0.6) is 5.75 Å². The van der Waals surface area contributed by atoms with Crippen molar-refractivity contribution >= 4 is 11.9 Å². The molecule has 1 aliphatic heterocycles. The summed E-state index contributed by atoms with van der Waals surface area (Å²) >= 11 is 0. The molecule has 1 saturated carbocycles. The lowest BCUT2D eigenvalue weighted by atomic mass is 9.93. The lowest BCUT2D eigenvalue weighted by Gasteiger charge is -2.21. The number of guanidine groups is 1. The molecule has 1 aromatic rings. The van der Waals surface area contributed by atoms with E-state index >= 15 is 0 Å². The predicted molar refractivity (Wildman–Crippen MR) is 81.5 cm³/mol. The molecule has 1 amide bonds. The molecule has 1 saturated heterocycles. The van der Waals surface area contributed by atoms with Gasteiger partial charge in [0.15, 0.2) is 5.96 Å². The molecule has 0 bridgehead atoms. The van der Waals surface area contributed by atoms with Crippen molar-refractivity contribution in [2.75, 3.05) is 7.11 Å². The molecule has 2 fully saturated rings. The van der Waals surface area contributed by atoms with Gasteiger partial charge < -0.3 is 10.1 Å². The fraction of sp³-hybridized carbons (Fsp3) is 0.500. The van der Waals surface area contributed by atoms with Gasteiger partial charge in [-0.2, -0.15) is 0 Å². The Morgan fingerprint density at radius 3 is 2.67 bits per heavy atom. The Balaban J connectivity index is 1.61. The summed E-state index contributed by atoms with van der Waals surface area (Å²) in [6, 6.07) is 8.36. The molecule has 0 spiro atoms. The minimum Gasteiger partial charge on any atom is -0.497 e. The van der Waals surface area contributed by atoms with Gasteiger partial charge in [0.25, 0.3) is 5.91 Å². The summed E-state index contributed by atoms with van der Waals surface area (Å²) < 4.78 is 5.15. The number of aliphatic imine (C=N–C) groups is 1. The number of carbonyl (C=O) groups excluding carboxylic acids is 1. The molecule has 0 radical (unpaired) electrons. The summed E-state index contributed by atoms with van der Waals surface area (Å²) in [5.41, 5.74) is 0.618. The fourth-order valence-electron chi connectivity index (χ4n) is 2.41. The van der Waals surface area contributed by atoms with Gasteiger partial charge in [0.2, 0.25) is 0 Å². The number of ether oxygens (including phenoxy) is 1. The number of amides is 1. The van der Waals surface area contributed by atoms with Crippen LogP contribution in [0.4, 0.5) is 0 Å². The van der Waals surface area contributed by atoms with Crippen LogP contribution < -0.4 is 15.4 Å². The maximum Gasteiger partial charge on any atom is 0.252 e. The van der Waals surface area contributed by atoms with Gasteiger partial charge in [-0.15, -0.1) is 0 Å². The van der Waals surface area contributed by atoms with E-state index in [0.717, 1.165) is 31.4 Å². The zero-order chi connectivity index (χ0) is 14.9. The van der Waals surface area contributed by atoms with Crippen molar-refractivity contribution in [3.63, 3.8) is 0 Å². The van der Waals surface area contributed by atoms with E-state index in [1.165, 1.54) is 5.56 Å². The van der Waals surface area contributed by atoms with Crippen LogP contribution in [-0.4, -0.2) is 30.6 Å². The van der Waals surface area contributed by atoms with Crippen LogP contribution >= 0.6 is 0 Å². The molecule has 1 aromatic carbocycles. The third-order valence-corrected chi connectivity index (χ3v) is 4.06. The van der Waals surface area contributed by atoms with Crippen molar-refractivity contribution in [3.05, 3.63) is 29.8 Å². The number of aryl methyl sites for hydroxylation is 1. The zero-order valence-electron chi connectivity index (χ0n) is 12.5. The summed E-state index contributed by atoms with van der Waals surface area (Å²) in [6.45, 7) is 1.93. The molecule has 3 rings (SSSR count). The number of rotatable bonds is 5. The van der Waals surface area contributed by atoms with Crippen LogP contribution in [0.3, 0.4) is 0 Å². The Labute approximate surface area is 124 Å². The molecule has 21 heavy (non-hydrogen) atoms. The molecule has 1 aliphatic carbocycles. The summed E-state index contributed by atoms with van der Waals surface area (Å²) in [7, 11) is 1.66. The summed E-state index contributed by atoms with van der Waals surface area (Å²) in [6.07, 6.45) is 3.82. The van der Waals surface area contributed by atoms with E-state index in [9.17, 15) is 4.79 Å². The van der Waals surface area contributed by atoms with Crippen molar-refractivity contribution in [3.8, 4) is 5.75 Å². The second-order valence-electron chi connectivity index (χ2n) is 5.97. The van der Waals surface area contributed by atoms with Crippen LogP contribution in [0.15, 0.2) is 29.3 Å². The number of benzene rings is 1. The van der Waals surface area contributed by atoms with E-state index in [2.05, 4.69) is 15.6 Å². The first-order valence-corrected chi connectivity index (χ1v) is 7.39. The first kappa shape index (κ1) is 13.9. The maximum absolute atomic E-state index is 12.2. The normalized spacial score (nSPS) is 26.6. The topological polar surface area (TPSA) is 62.7 Å². The molecule has 2 N–H and O–H groups in total. The number of nitrogens with zero attached hydrogens (tertiary/aromatic N) is 1. The van der Waals surface area contributed by atoms with Crippen LogP contribution in [0, 0.1) is 0 Å². The Bertz CT molecular complexity index is 563. The van der Waals surface area contributed by atoms with Gasteiger partial charge in [0.1, 0.15) is 11.3 Å². The highest BCUT2D eigenvalue weighted by Gasteiger charge is 2.40. The highest BCUT2D eigenvalue weighted by atomic mass is 16.5. The minimum atomic E-state index is -0.576. The van der Waals surface area contributed by atoms with Crippen molar-refractivity contribution in [2.24, 2.45) is 4.99 Å². The van der Waals surface area contributed by atoms with Gasteiger partial charge in [0.05, 0.1) is 13.2 Å². The van der Waals surface area contributed by atoms with Gasteiger partial charge in [-0.1, -0.05) is 12.1 Å². The molecule has 1 heterocycles. The molecular weight excluding hydrogens is 266 g/mol. The number of hydrogen-bond donors (Lipinski definition) is 2. The Morgan fingerprint density at radius 2 is 2.05 bits per heavy atom. The largest absolute Gasteiger partial charge is 0.497 e. The molecular formula is C16H21N3O2. The van der Waals surface area contributed by atoms with E-state index in [1.807, 2.05) is 31.2 Å². The third-order valence-electron chi connectivity index (χ3n) is 4.06. The van der Waals surface area contributed by atoms with E-state index < -0.39 is 5.54 Å². The van der Waals surface area contributed by atoms with Crippen molar-refractivity contribution in [1.29, 1.82) is 0 Å². The van der Waals surface area contributed by atoms with Crippen molar-refractivity contribution in [2.45, 2.75) is 44.2 Å². The molecule has 0 aromatic heterocycles. The minimum absolute atomic E-state index is 0.00964. The van der Waals surface area contributed by atoms with Gasteiger partial charge in [0, 0.05) is 0 Å². The summed E-state index contributed by atoms with van der Waals surface area (Å²) in [5, 5.41) is 6.10. The average molecular weight is 287 g/mol. The number of nitrogens with one attached hydrogen (secondary N) is 2. The lowest BCUT2D eigenvalue weighted by molar-refractivity contribution is -0.123. The van der Waals surface area contributed by atoms with Gasteiger partial charge in [-0.05, 0) is 50.3 Å². The first-order chi connectivity index (χ1) is 10.1. The second-order valence-corrected chi connectivity index (χ2v) is 5.97. The van der Waals surface area contributed by atoms with Crippen molar-refractivity contribution < 1.29 is 9.53 Å². The van der Waals surface area contributed by atoms with E-state index in [4.69, 9.17) is 4.74 Å². The molecule has 5 nitrogen and oxygen atoms in total. The first-order valence-electron chi connectivity index (χ1n) is 7.39. The summed E-state index contributed by atoms with van der Waals surface area (Å²) in [4.78, 5) is 16.6. The fourth-order valence-corrected chi connectivity index (χ4v) is 2.41. The monoisotopic (exact) mass is 287 g/mol. The molecule has 1 atom stereocenters. The highest BCUT2D eigenvalue weighted by Crippen LogP contribution is 2.25. The molecule has 5 heteroatoms. The zero-order valence-corrected chi connectivity index (χ0v) is 12.5.